The molecule has 2 heteroatoms. The summed E-state index contributed by atoms with van der Waals surface area (Å²) < 4.78 is 5.78. The van der Waals surface area contributed by atoms with Gasteiger partial charge in [0.15, 0.2) is 5.78 Å². The quantitative estimate of drug-likeness (QED) is 0.516. The summed E-state index contributed by atoms with van der Waals surface area (Å²) in [5.41, 5.74) is 1.94. The van der Waals surface area contributed by atoms with Crippen molar-refractivity contribution < 1.29 is 9.53 Å². The SMILES string of the molecule is C[C@H](C/C=C\CC(=O)c1ccccc1)OCc1ccccc1. The predicted octanol–water partition coefficient (Wildman–Crippen LogP) is 4.81. The van der Waals surface area contributed by atoms with Crippen LogP contribution in [0, 0.1) is 0 Å². The van der Waals surface area contributed by atoms with Gasteiger partial charge in [0.2, 0.25) is 0 Å². The Kier molecular flexibility index (Phi) is 6.59. The van der Waals surface area contributed by atoms with Gasteiger partial charge in [0.05, 0.1) is 12.7 Å². The Morgan fingerprint density at radius 1 is 1.00 bits per heavy atom. The standard InChI is InChI=1S/C20H22O2/c1-17(22-16-18-11-4-2-5-12-18)10-8-9-15-20(21)19-13-6-3-7-14-19/h2-9,11-14,17H,10,15-16H2,1H3/b9-8-/t17-/m1/s1. The van der Waals surface area contributed by atoms with Crippen molar-refractivity contribution in [2.75, 3.05) is 0 Å². The Labute approximate surface area is 132 Å². The first kappa shape index (κ1) is 16.2. The van der Waals surface area contributed by atoms with E-state index in [0.29, 0.717) is 13.0 Å². The number of benzene rings is 2. The zero-order valence-electron chi connectivity index (χ0n) is 12.9. The molecule has 2 rings (SSSR count). The zero-order valence-corrected chi connectivity index (χ0v) is 12.9. The minimum Gasteiger partial charge on any atom is -0.374 e. The maximum Gasteiger partial charge on any atom is 0.166 e. The molecule has 2 nitrogen and oxygen atoms in total. The maximum atomic E-state index is 11.9. The van der Waals surface area contributed by atoms with Crippen molar-refractivity contribution in [1.82, 2.24) is 0 Å². The largest absolute Gasteiger partial charge is 0.374 e. The summed E-state index contributed by atoms with van der Waals surface area (Å²) in [7, 11) is 0. The van der Waals surface area contributed by atoms with Crippen LogP contribution in [0.2, 0.25) is 0 Å². The fourth-order valence-electron chi connectivity index (χ4n) is 2.10. The third-order valence-electron chi connectivity index (χ3n) is 3.41. The summed E-state index contributed by atoms with van der Waals surface area (Å²) in [5, 5.41) is 0. The van der Waals surface area contributed by atoms with Crippen LogP contribution in [0.15, 0.2) is 72.8 Å². The number of carbonyl (C=O) groups is 1. The summed E-state index contributed by atoms with van der Waals surface area (Å²) in [6.45, 7) is 2.67. The lowest BCUT2D eigenvalue weighted by molar-refractivity contribution is 0.0552. The molecule has 2 aromatic rings. The van der Waals surface area contributed by atoms with E-state index in [0.717, 1.165) is 12.0 Å². The van der Waals surface area contributed by atoms with Crippen LogP contribution in [0.5, 0.6) is 0 Å². The predicted molar refractivity (Wildman–Crippen MR) is 89.8 cm³/mol. The van der Waals surface area contributed by atoms with Gasteiger partial charge >= 0.3 is 0 Å². The number of allylic oxidation sites excluding steroid dienone is 1. The van der Waals surface area contributed by atoms with E-state index in [4.69, 9.17) is 4.74 Å². The van der Waals surface area contributed by atoms with Crippen LogP contribution >= 0.6 is 0 Å². The van der Waals surface area contributed by atoms with E-state index in [1.807, 2.05) is 67.6 Å². The minimum atomic E-state index is 0.142. The maximum absolute atomic E-state index is 11.9. The highest BCUT2D eigenvalue weighted by molar-refractivity contribution is 5.96. The summed E-state index contributed by atoms with van der Waals surface area (Å²) in [5.74, 6) is 0.148. The zero-order chi connectivity index (χ0) is 15.6. The van der Waals surface area contributed by atoms with Gasteiger partial charge in [0, 0.05) is 12.0 Å². The Bertz CT molecular complexity index is 588. The number of hydrogen-bond donors (Lipinski definition) is 0. The normalized spacial score (nSPS) is 12.4. The lowest BCUT2D eigenvalue weighted by atomic mass is 10.1. The second kappa shape index (κ2) is 8.96. The number of Topliss-reactive ketones (excluding diaryl/α,β-unsaturated/α-hetero) is 1. The molecule has 0 spiro atoms. The molecule has 114 valence electrons. The Morgan fingerprint density at radius 2 is 1.64 bits per heavy atom. The van der Waals surface area contributed by atoms with Crippen molar-refractivity contribution in [3.8, 4) is 0 Å². The van der Waals surface area contributed by atoms with E-state index in [1.54, 1.807) is 0 Å². The lowest BCUT2D eigenvalue weighted by Gasteiger charge is -2.10. The van der Waals surface area contributed by atoms with Crippen LogP contribution in [-0.2, 0) is 11.3 Å². The Balaban J connectivity index is 1.67. The Morgan fingerprint density at radius 3 is 2.32 bits per heavy atom. The molecule has 2 aromatic carbocycles. The van der Waals surface area contributed by atoms with Gasteiger partial charge in [0.25, 0.3) is 0 Å². The second-order valence-electron chi connectivity index (χ2n) is 5.31. The minimum absolute atomic E-state index is 0.142. The molecule has 0 saturated heterocycles. The summed E-state index contributed by atoms with van der Waals surface area (Å²) in [4.78, 5) is 11.9. The van der Waals surface area contributed by atoms with Crippen molar-refractivity contribution in [3.63, 3.8) is 0 Å². The summed E-state index contributed by atoms with van der Waals surface area (Å²) in [6, 6.07) is 19.5. The van der Waals surface area contributed by atoms with Gasteiger partial charge in [-0.25, -0.2) is 0 Å². The highest BCUT2D eigenvalue weighted by atomic mass is 16.5. The van der Waals surface area contributed by atoms with E-state index in [1.165, 1.54) is 5.56 Å². The molecule has 0 radical (unpaired) electrons. The van der Waals surface area contributed by atoms with Crippen LogP contribution in [0.3, 0.4) is 0 Å². The molecule has 0 unspecified atom stereocenters. The molecule has 22 heavy (non-hydrogen) atoms. The second-order valence-corrected chi connectivity index (χ2v) is 5.31. The van der Waals surface area contributed by atoms with Gasteiger partial charge in [-0.1, -0.05) is 72.8 Å². The molecule has 0 N–H and O–H groups in total. The molecule has 0 aliphatic heterocycles. The third-order valence-corrected chi connectivity index (χ3v) is 3.41. The highest BCUT2D eigenvalue weighted by Crippen LogP contribution is 2.07. The van der Waals surface area contributed by atoms with E-state index < -0.39 is 0 Å². The molecule has 0 aliphatic rings. The number of ether oxygens (including phenoxy) is 1. The van der Waals surface area contributed by atoms with E-state index in [9.17, 15) is 4.79 Å². The monoisotopic (exact) mass is 294 g/mol. The van der Waals surface area contributed by atoms with Crippen LogP contribution in [0.25, 0.3) is 0 Å². The number of ketones is 1. The molecular formula is C20H22O2. The summed E-state index contributed by atoms with van der Waals surface area (Å²) >= 11 is 0. The van der Waals surface area contributed by atoms with Gasteiger partial charge in [-0.15, -0.1) is 0 Å². The Hall–Kier alpha value is -2.19. The van der Waals surface area contributed by atoms with Crippen molar-refractivity contribution in [3.05, 3.63) is 83.9 Å². The smallest absolute Gasteiger partial charge is 0.166 e. The van der Waals surface area contributed by atoms with E-state index in [2.05, 4.69) is 12.1 Å². The first-order chi connectivity index (χ1) is 10.8. The van der Waals surface area contributed by atoms with E-state index in [-0.39, 0.29) is 11.9 Å². The molecular weight excluding hydrogens is 272 g/mol. The van der Waals surface area contributed by atoms with Crippen LogP contribution < -0.4 is 0 Å². The molecule has 1 atom stereocenters. The van der Waals surface area contributed by atoms with Gasteiger partial charge in [-0.3, -0.25) is 4.79 Å². The van der Waals surface area contributed by atoms with Crippen LogP contribution in [0.1, 0.15) is 35.7 Å². The van der Waals surface area contributed by atoms with E-state index >= 15 is 0 Å². The van der Waals surface area contributed by atoms with Gasteiger partial charge < -0.3 is 4.74 Å². The number of hydrogen-bond acceptors (Lipinski definition) is 2. The fraction of sp³-hybridized carbons (Fsp3) is 0.250. The molecule has 0 heterocycles. The van der Waals surface area contributed by atoms with Gasteiger partial charge in [-0.2, -0.15) is 0 Å². The average molecular weight is 294 g/mol. The molecule has 0 aromatic heterocycles. The first-order valence-corrected chi connectivity index (χ1v) is 7.64. The molecule has 0 aliphatic carbocycles. The first-order valence-electron chi connectivity index (χ1n) is 7.64. The molecule has 0 amide bonds. The van der Waals surface area contributed by atoms with Crippen molar-refractivity contribution in [2.45, 2.75) is 32.5 Å². The number of rotatable bonds is 8. The van der Waals surface area contributed by atoms with Gasteiger partial charge in [-0.05, 0) is 18.9 Å². The highest BCUT2D eigenvalue weighted by Gasteiger charge is 2.03. The van der Waals surface area contributed by atoms with Crippen LogP contribution in [-0.4, -0.2) is 11.9 Å². The number of carbonyl (C=O) groups excluding carboxylic acids is 1. The van der Waals surface area contributed by atoms with Crippen molar-refractivity contribution in [2.24, 2.45) is 0 Å². The summed E-state index contributed by atoms with van der Waals surface area (Å²) in [6.07, 6.45) is 5.35. The van der Waals surface area contributed by atoms with Crippen LogP contribution in [0.4, 0.5) is 0 Å². The fourth-order valence-corrected chi connectivity index (χ4v) is 2.10. The molecule has 0 fully saturated rings. The average Bonchev–Trinajstić information content (AvgIpc) is 2.58. The lowest BCUT2D eigenvalue weighted by Crippen LogP contribution is -2.06. The molecule has 0 saturated carbocycles. The topological polar surface area (TPSA) is 26.3 Å². The molecule has 0 bridgehead atoms. The van der Waals surface area contributed by atoms with Crippen molar-refractivity contribution >= 4 is 5.78 Å². The van der Waals surface area contributed by atoms with Crippen molar-refractivity contribution in [1.29, 1.82) is 0 Å². The third kappa shape index (κ3) is 5.66. The van der Waals surface area contributed by atoms with Gasteiger partial charge in [0.1, 0.15) is 0 Å².